The fraction of sp³-hybridized carbons (Fsp3) is 0.562. The monoisotopic (exact) mass is 1220 g/mol. The number of unbranched alkanes of at least 4 members (excludes halogenated alkanes) is 3. The van der Waals surface area contributed by atoms with Crippen molar-refractivity contribution in [1.82, 2.24) is 14.9 Å². The summed E-state index contributed by atoms with van der Waals surface area (Å²) in [4.78, 5) is 40.1. The number of aryl methyl sites for hydroxylation is 2. The van der Waals surface area contributed by atoms with Crippen molar-refractivity contribution < 1.29 is 63.2 Å². The number of ether oxygens (including phenoxy) is 1. The van der Waals surface area contributed by atoms with Gasteiger partial charge in [-0.15, -0.1) is 0 Å². The Morgan fingerprint density at radius 1 is 0.833 bits per heavy atom. The Morgan fingerprint density at radius 3 is 2.13 bits per heavy atom. The van der Waals surface area contributed by atoms with Gasteiger partial charge in [0.15, 0.2) is 6.54 Å². The standard InChI is InChI=1S/C64H88N4O13S3/c1-46-27-32-51(45-50(46)31-30-49-21-16-38-64(5)55(35-36-56(49)64)47(2)19-15-37-63(3,4)72)81-62(71)66-40-13-7-6-12-39-65-59(69)26-14-20-48-28-33-52(34-29-48)84(79,80)68(42-18-44-83(76,77)78)61(70)60-53-22-8-10-24-57(53)67(41-17-43-82(73,74)75)58-25-11-9-23-54(58)60/h8-11,22-25,28-31,33-34,47,51,55-56,72H,1,6-7,12-21,26-27,32,35-45H2,2-5H3,(H3-,65,66,69,71,73,74,75,76,77,78)/b49-30+,50-31-/t47-,51+,55-,56+,64-/m1/s1. The maximum absolute atomic E-state index is 14.8. The summed E-state index contributed by atoms with van der Waals surface area (Å²) in [6.07, 6.45) is 19.4. The number of para-hydroxylation sites is 2. The van der Waals surface area contributed by atoms with Gasteiger partial charge in [-0.05, 0) is 156 Å². The molecule has 0 spiro atoms. The zero-order valence-electron chi connectivity index (χ0n) is 49.5. The van der Waals surface area contributed by atoms with Gasteiger partial charge >= 0.3 is 6.09 Å². The highest BCUT2D eigenvalue weighted by Gasteiger charge is 2.50. The number of aromatic nitrogens is 1. The topological polar surface area (TPSA) is 258 Å². The van der Waals surface area contributed by atoms with Crippen molar-refractivity contribution in [3.63, 3.8) is 0 Å². The van der Waals surface area contributed by atoms with Crippen molar-refractivity contribution >= 4 is 70.0 Å². The largest absolute Gasteiger partial charge is 0.748 e. The van der Waals surface area contributed by atoms with E-state index in [9.17, 15) is 53.8 Å². The van der Waals surface area contributed by atoms with Crippen LogP contribution in [0.1, 0.15) is 166 Å². The predicted molar refractivity (Wildman–Crippen MR) is 326 cm³/mol. The van der Waals surface area contributed by atoms with Gasteiger partial charge < -0.3 is 25.0 Å². The Balaban J connectivity index is 0.827. The van der Waals surface area contributed by atoms with E-state index in [4.69, 9.17) is 4.74 Å². The third kappa shape index (κ3) is 18.3. The molecule has 3 aromatic carbocycles. The number of carbonyl (C=O) groups is 3. The molecule has 0 unspecified atom stereocenters. The molecular formula is C64H88N4O13S3. The summed E-state index contributed by atoms with van der Waals surface area (Å²) in [6, 6.07) is 19.2. The minimum absolute atomic E-state index is 0.00485. The molecule has 5 atom stereocenters. The Hall–Kier alpha value is -5.51. The number of allylic oxidation sites excluding steroid dienone is 4. The second-order valence-electron chi connectivity index (χ2n) is 24.5. The van der Waals surface area contributed by atoms with Crippen LogP contribution in [-0.2, 0) is 52.8 Å². The van der Waals surface area contributed by atoms with E-state index in [1.54, 1.807) is 70.8 Å². The van der Waals surface area contributed by atoms with Crippen LogP contribution in [0.3, 0.4) is 0 Å². The lowest BCUT2D eigenvalue weighted by molar-refractivity contribution is -0.645. The van der Waals surface area contributed by atoms with Gasteiger partial charge in [-0.1, -0.05) is 106 Å². The molecule has 3 aliphatic carbocycles. The first kappa shape index (κ1) is 66.0. The number of benzene rings is 3. The highest BCUT2D eigenvalue weighted by molar-refractivity contribution is 7.89. The molecule has 0 bridgehead atoms. The molecule has 1 aromatic heterocycles. The number of hydrogen-bond acceptors (Lipinski definition) is 12. The summed E-state index contributed by atoms with van der Waals surface area (Å²) < 4.78 is 105. The van der Waals surface area contributed by atoms with Crippen LogP contribution < -0.4 is 15.2 Å². The van der Waals surface area contributed by atoms with Gasteiger partial charge in [0.2, 0.25) is 16.9 Å². The number of aliphatic hydroxyl groups is 1. The van der Waals surface area contributed by atoms with Gasteiger partial charge in [-0.2, -0.15) is 13.0 Å². The predicted octanol–water partition coefficient (Wildman–Crippen LogP) is 10.8. The van der Waals surface area contributed by atoms with Gasteiger partial charge in [-0.25, -0.2) is 25.9 Å². The van der Waals surface area contributed by atoms with Crippen molar-refractivity contribution in [2.45, 2.75) is 179 Å². The van der Waals surface area contributed by atoms with Gasteiger partial charge in [0.05, 0.1) is 42.7 Å². The lowest BCUT2D eigenvalue weighted by atomic mass is 9.60. The lowest BCUT2D eigenvalue weighted by Crippen LogP contribution is -2.41. The molecule has 460 valence electrons. The average molecular weight is 1220 g/mol. The molecule has 20 heteroatoms. The Kier molecular flexibility index (Phi) is 23.0. The van der Waals surface area contributed by atoms with E-state index in [-0.39, 0.29) is 41.9 Å². The molecule has 0 radical (unpaired) electrons. The number of nitrogens with zero attached hydrogens (tertiary/aromatic N) is 2. The molecule has 3 fully saturated rings. The maximum atomic E-state index is 14.8. The van der Waals surface area contributed by atoms with E-state index in [0.717, 1.165) is 75.3 Å². The van der Waals surface area contributed by atoms with E-state index >= 15 is 0 Å². The first-order chi connectivity index (χ1) is 39.7. The molecule has 84 heavy (non-hydrogen) atoms. The summed E-state index contributed by atoms with van der Waals surface area (Å²) >= 11 is 0. The van der Waals surface area contributed by atoms with Crippen molar-refractivity contribution in [2.24, 2.45) is 23.2 Å². The Bertz CT molecular complexity index is 3340. The molecular weight excluding hydrogens is 1130 g/mol. The first-order valence-electron chi connectivity index (χ1n) is 30.1. The van der Waals surface area contributed by atoms with Crippen LogP contribution in [0.15, 0.2) is 113 Å². The summed E-state index contributed by atoms with van der Waals surface area (Å²) in [5.74, 6) is -0.550. The Labute approximate surface area is 498 Å². The fourth-order valence-corrected chi connectivity index (χ4v) is 15.7. The molecule has 7 rings (SSSR count). The molecule has 4 N–H and O–H groups in total. The summed E-state index contributed by atoms with van der Waals surface area (Å²) in [5.41, 5.74) is 5.22. The van der Waals surface area contributed by atoms with Crippen LogP contribution in [0, 0.1) is 23.2 Å². The number of pyridine rings is 1. The van der Waals surface area contributed by atoms with E-state index < -0.39 is 72.3 Å². The van der Waals surface area contributed by atoms with E-state index in [2.05, 4.69) is 43.2 Å². The number of amides is 3. The second kappa shape index (κ2) is 29.3. The number of carbonyl (C=O) groups excluding carboxylic acids is 3. The van der Waals surface area contributed by atoms with Gasteiger partial charge in [0.1, 0.15) is 6.10 Å². The molecule has 0 aliphatic heterocycles. The molecule has 3 amide bonds. The van der Waals surface area contributed by atoms with Crippen molar-refractivity contribution in [3.05, 3.63) is 119 Å². The summed E-state index contributed by atoms with van der Waals surface area (Å²) in [7, 11) is -13.7. The van der Waals surface area contributed by atoms with E-state index in [1.807, 2.05) is 13.8 Å². The third-order valence-electron chi connectivity index (χ3n) is 17.6. The van der Waals surface area contributed by atoms with Crippen LogP contribution in [0.2, 0.25) is 0 Å². The smallest absolute Gasteiger partial charge is 0.407 e. The summed E-state index contributed by atoms with van der Waals surface area (Å²) in [6.45, 7) is 13.6. The van der Waals surface area contributed by atoms with Crippen molar-refractivity contribution in [3.8, 4) is 0 Å². The molecule has 1 heterocycles. The SMILES string of the molecule is C=C1CC[C@H](OC(=O)NCCCCCCNC(=O)CCCc2ccc(S(=O)(=O)N(CCCS(=O)(=O)O)C(=O)c3c4ccccc4[n+](CCCS(=O)(=O)[O-])c4ccccc34)cc2)C/C1=C/C=C1\CCC[C@]2(C)[C@@H]([C@H](C)CCCC(C)(C)O)CC[C@@H]12. The number of sulfonamides is 1. The number of rotatable bonds is 29. The van der Waals surface area contributed by atoms with E-state index in [0.29, 0.717) is 81.6 Å². The van der Waals surface area contributed by atoms with Crippen LogP contribution in [0.5, 0.6) is 0 Å². The Morgan fingerprint density at radius 2 is 1.49 bits per heavy atom. The quantitative estimate of drug-likeness (QED) is 0.0171. The molecule has 4 aromatic rings. The zero-order valence-corrected chi connectivity index (χ0v) is 51.9. The normalized spacial score (nSPS) is 20.9. The minimum atomic E-state index is -4.64. The minimum Gasteiger partial charge on any atom is -0.748 e. The van der Waals surface area contributed by atoms with Gasteiger partial charge in [0, 0.05) is 56.8 Å². The molecule has 3 aliphatic rings. The summed E-state index contributed by atoms with van der Waals surface area (Å²) in [5, 5.41) is 16.8. The van der Waals surface area contributed by atoms with Crippen LogP contribution >= 0.6 is 0 Å². The maximum Gasteiger partial charge on any atom is 0.407 e. The highest BCUT2D eigenvalue weighted by atomic mass is 32.2. The highest BCUT2D eigenvalue weighted by Crippen LogP contribution is 2.60. The number of alkyl carbamates (subject to hydrolysis) is 1. The number of fused-ring (bicyclic) bond motifs is 3. The van der Waals surface area contributed by atoms with Crippen LogP contribution in [0.4, 0.5) is 4.79 Å². The second-order valence-corrected chi connectivity index (χ2v) is 29.4. The fourth-order valence-electron chi connectivity index (χ4n) is 13.3. The first-order valence-corrected chi connectivity index (χ1v) is 34.8. The van der Waals surface area contributed by atoms with Crippen LogP contribution in [-0.4, -0.2) is 105 Å². The third-order valence-corrected chi connectivity index (χ3v) is 21.0. The van der Waals surface area contributed by atoms with Crippen molar-refractivity contribution in [1.29, 1.82) is 0 Å². The molecule has 3 saturated carbocycles. The molecule has 0 saturated heterocycles. The lowest BCUT2D eigenvalue weighted by Gasteiger charge is -2.44. The molecule has 17 nitrogen and oxygen atoms in total. The number of hydrogen-bond donors (Lipinski definition) is 4. The zero-order chi connectivity index (χ0) is 60.9. The van der Waals surface area contributed by atoms with Crippen molar-refractivity contribution in [2.75, 3.05) is 31.1 Å². The van der Waals surface area contributed by atoms with E-state index in [1.165, 1.54) is 43.4 Å². The average Bonchev–Trinajstić information content (AvgIpc) is 1.21. The van der Waals surface area contributed by atoms with Gasteiger partial charge in [-0.3, -0.25) is 14.1 Å². The van der Waals surface area contributed by atoms with Crippen LogP contribution in [0.25, 0.3) is 21.8 Å². The number of nitrogens with one attached hydrogen (secondary N) is 2. The van der Waals surface area contributed by atoms with Gasteiger partial charge in [0.25, 0.3) is 26.0 Å².